The van der Waals surface area contributed by atoms with Crippen molar-refractivity contribution in [1.29, 1.82) is 0 Å². The fourth-order valence-corrected chi connectivity index (χ4v) is 5.03. The Hall–Kier alpha value is -1.60. The molecule has 1 saturated carbocycles. The molecule has 1 fully saturated rings. The molecule has 2 aromatic rings. The van der Waals surface area contributed by atoms with Crippen LogP contribution in [0.1, 0.15) is 45.1 Å². The lowest BCUT2D eigenvalue weighted by Crippen LogP contribution is -2.44. The molecule has 0 saturated heterocycles. The van der Waals surface area contributed by atoms with E-state index in [-0.39, 0.29) is 11.2 Å². The van der Waals surface area contributed by atoms with Crippen LogP contribution in [-0.4, -0.2) is 27.4 Å². The Morgan fingerprint density at radius 3 is 2.69 bits per heavy atom. The monoisotopic (exact) mass is 390 g/mol. The van der Waals surface area contributed by atoms with Gasteiger partial charge in [-0.25, -0.2) is 0 Å². The molecule has 3 rings (SSSR count). The summed E-state index contributed by atoms with van der Waals surface area (Å²) in [7, 11) is 0. The summed E-state index contributed by atoms with van der Waals surface area (Å²) in [4.78, 5) is 12.5. The summed E-state index contributed by atoms with van der Waals surface area (Å²) in [5.74, 6) is 0.661. The zero-order chi connectivity index (χ0) is 18.5. The molecule has 1 aliphatic rings. The molecule has 3 atom stereocenters. The van der Waals surface area contributed by atoms with Gasteiger partial charge in [0.25, 0.3) is 0 Å². The Balaban J connectivity index is 1.52. The van der Waals surface area contributed by atoms with Gasteiger partial charge in [-0.3, -0.25) is 4.79 Å². The Morgan fingerprint density at radius 2 is 1.96 bits per heavy atom. The molecular weight excluding hydrogens is 364 g/mol. The number of carbonyl (C=O) groups is 1. The highest BCUT2D eigenvalue weighted by Gasteiger charge is 2.25. The van der Waals surface area contributed by atoms with Gasteiger partial charge in [-0.1, -0.05) is 60.6 Å². The maximum absolute atomic E-state index is 12.5. The molecule has 0 unspecified atom stereocenters. The Labute approximate surface area is 163 Å². The lowest BCUT2D eigenvalue weighted by Gasteiger charge is -2.30. The number of nitrogens with one attached hydrogen (secondary N) is 2. The molecule has 7 heteroatoms. The summed E-state index contributed by atoms with van der Waals surface area (Å²) in [5, 5.41) is 15.4. The smallest absolute Gasteiger partial charge is 0.233 e. The number of aromatic nitrogens is 2. The molecule has 0 aliphatic heterocycles. The third kappa shape index (κ3) is 5.20. The van der Waals surface area contributed by atoms with E-state index in [1.165, 1.54) is 47.9 Å². The van der Waals surface area contributed by atoms with Crippen molar-refractivity contribution in [1.82, 2.24) is 15.5 Å². The number of anilines is 2. The molecule has 1 aromatic carbocycles. The minimum Gasteiger partial charge on any atom is -0.352 e. The molecule has 1 aromatic heterocycles. The summed E-state index contributed by atoms with van der Waals surface area (Å²) < 4.78 is 0.805. The molecule has 1 aliphatic carbocycles. The average Bonchev–Trinajstić information content (AvgIpc) is 3.06. The molecule has 26 heavy (non-hydrogen) atoms. The minimum atomic E-state index is -0.177. The van der Waals surface area contributed by atoms with Crippen molar-refractivity contribution in [3.63, 3.8) is 0 Å². The first-order valence-corrected chi connectivity index (χ1v) is 10.8. The third-order valence-electron chi connectivity index (χ3n) is 4.80. The first-order chi connectivity index (χ1) is 12.5. The number of hydrogen-bond donors (Lipinski definition) is 2. The highest BCUT2D eigenvalue weighted by atomic mass is 32.2. The van der Waals surface area contributed by atoms with Crippen molar-refractivity contribution in [2.24, 2.45) is 5.92 Å². The summed E-state index contributed by atoms with van der Waals surface area (Å²) in [6.07, 6.45) is 4.78. The van der Waals surface area contributed by atoms with E-state index in [4.69, 9.17) is 0 Å². The van der Waals surface area contributed by atoms with Crippen LogP contribution in [0.25, 0.3) is 0 Å². The van der Waals surface area contributed by atoms with Crippen LogP contribution >= 0.6 is 23.1 Å². The number of amides is 1. The van der Waals surface area contributed by atoms with Gasteiger partial charge in [0.2, 0.25) is 11.0 Å². The summed E-state index contributed by atoms with van der Waals surface area (Å²) >= 11 is 2.94. The topological polar surface area (TPSA) is 66.9 Å². The van der Waals surface area contributed by atoms with E-state index < -0.39 is 0 Å². The van der Waals surface area contributed by atoms with Gasteiger partial charge < -0.3 is 10.6 Å². The van der Waals surface area contributed by atoms with Crippen LogP contribution in [0, 0.1) is 12.8 Å². The Kier molecular flexibility index (Phi) is 6.53. The SMILES string of the molecule is Cc1ccc(Nc2nnc(S[C@H](C)C(=O)N[C@@H]3CCCC[C@@H]3C)s2)cc1. The number of hydrogen-bond acceptors (Lipinski definition) is 6. The normalized spacial score (nSPS) is 21.2. The predicted molar refractivity (Wildman–Crippen MR) is 109 cm³/mol. The number of rotatable bonds is 6. The van der Waals surface area contributed by atoms with Crippen LogP contribution < -0.4 is 10.6 Å². The first-order valence-electron chi connectivity index (χ1n) is 9.15. The van der Waals surface area contributed by atoms with Crippen LogP contribution in [0.3, 0.4) is 0 Å². The molecular formula is C19H26N4OS2. The summed E-state index contributed by atoms with van der Waals surface area (Å²) in [6.45, 7) is 6.22. The van der Waals surface area contributed by atoms with Crippen molar-refractivity contribution in [3.05, 3.63) is 29.8 Å². The van der Waals surface area contributed by atoms with E-state index in [1.54, 1.807) is 0 Å². The van der Waals surface area contributed by atoms with Crippen LogP contribution in [0.2, 0.25) is 0 Å². The maximum atomic E-state index is 12.5. The molecule has 1 amide bonds. The molecule has 0 spiro atoms. The number of thioether (sulfide) groups is 1. The quantitative estimate of drug-likeness (QED) is 0.696. The number of aryl methyl sites for hydroxylation is 1. The maximum Gasteiger partial charge on any atom is 0.233 e. The van der Waals surface area contributed by atoms with Crippen molar-refractivity contribution in [2.45, 2.75) is 62.1 Å². The van der Waals surface area contributed by atoms with E-state index in [2.05, 4.69) is 46.8 Å². The molecule has 140 valence electrons. The van der Waals surface area contributed by atoms with E-state index in [0.29, 0.717) is 12.0 Å². The zero-order valence-corrected chi connectivity index (χ0v) is 17.1. The molecule has 0 radical (unpaired) electrons. The Bertz CT molecular complexity index is 731. The average molecular weight is 391 g/mol. The van der Waals surface area contributed by atoms with Crippen molar-refractivity contribution < 1.29 is 4.79 Å². The van der Waals surface area contributed by atoms with Gasteiger partial charge in [-0.15, -0.1) is 10.2 Å². The number of carbonyl (C=O) groups excluding carboxylic acids is 1. The van der Waals surface area contributed by atoms with E-state index >= 15 is 0 Å². The highest BCUT2D eigenvalue weighted by Crippen LogP contribution is 2.31. The molecule has 5 nitrogen and oxygen atoms in total. The van der Waals surface area contributed by atoms with E-state index in [0.717, 1.165) is 21.6 Å². The first kappa shape index (κ1) is 19.2. The van der Waals surface area contributed by atoms with Gasteiger partial charge in [0.05, 0.1) is 5.25 Å². The fourth-order valence-electron chi connectivity index (χ4n) is 3.10. The number of benzene rings is 1. The zero-order valence-electron chi connectivity index (χ0n) is 15.5. The standard InChI is InChI=1S/C19H26N4OS2/c1-12-8-10-15(11-9-12)20-18-22-23-19(26-18)25-14(3)17(24)21-16-7-5-4-6-13(16)2/h8-11,13-14,16H,4-7H2,1-3H3,(H,20,22)(H,21,24)/t13-,14+,16+/m0/s1. The van der Waals surface area contributed by atoms with Gasteiger partial charge in [0, 0.05) is 11.7 Å². The van der Waals surface area contributed by atoms with Crippen molar-refractivity contribution >= 4 is 39.8 Å². The molecule has 1 heterocycles. The molecule has 2 N–H and O–H groups in total. The second-order valence-electron chi connectivity index (χ2n) is 7.00. The Morgan fingerprint density at radius 1 is 1.23 bits per heavy atom. The highest BCUT2D eigenvalue weighted by molar-refractivity contribution is 8.02. The van der Waals surface area contributed by atoms with Gasteiger partial charge in [-0.05, 0) is 44.7 Å². The second kappa shape index (κ2) is 8.86. The fraction of sp³-hybridized carbons (Fsp3) is 0.526. The van der Waals surface area contributed by atoms with Crippen molar-refractivity contribution in [2.75, 3.05) is 5.32 Å². The van der Waals surface area contributed by atoms with Gasteiger partial charge in [0.15, 0.2) is 4.34 Å². The van der Waals surface area contributed by atoms with Crippen LogP contribution in [0.15, 0.2) is 28.6 Å². The van der Waals surface area contributed by atoms with Gasteiger partial charge in [0.1, 0.15) is 0 Å². The summed E-state index contributed by atoms with van der Waals surface area (Å²) in [6, 6.07) is 8.46. The second-order valence-corrected chi connectivity index (χ2v) is 9.57. The van der Waals surface area contributed by atoms with Crippen LogP contribution in [0.5, 0.6) is 0 Å². The molecule has 0 bridgehead atoms. The third-order valence-corrected chi connectivity index (χ3v) is 6.82. The largest absolute Gasteiger partial charge is 0.352 e. The van der Waals surface area contributed by atoms with Crippen LogP contribution in [-0.2, 0) is 4.79 Å². The van der Waals surface area contributed by atoms with Crippen LogP contribution in [0.4, 0.5) is 10.8 Å². The number of nitrogens with zero attached hydrogens (tertiary/aromatic N) is 2. The van der Waals surface area contributed by atoms with E-state index in [9.17, 15) is 4.79 Å². The van der Waals surface area contributed by atoms with Crippen molar-refractivity contribution in [3.8, 4) is 0 Å². The minimum absolute atomic E-state index is 0.0944. The summed E-state index contributed by atoms with van der Waals surface area (Å²) in [5.41, 5.74) is 2.21. The lowest BCUT2D eigenvalue weighted by molar-refractivity contribution is -0.121. The van der Waals surface area contributed by atoms with Gasteiger partial charge >= 0.3 is 0 Å². The van der Waals surface area contributed by atoms with Gasteiger partial charge in [-0.2, -0.15) is 0 Å². The lowest BCUT2D eigenvalue weighted by atomic mass is 9.86. The van der Waals surface area contributed by atoms with E-state index in [1.807, 2.05) is 19.1 Å². The predicted octanol–water partition coefficient (Wildman–Crippen LogP) is 4.77.